The van der Waals surface area contributed by atoms with Gasteiger partial charge in [-0.1, -0.05) is 0 Å². The number of pyridine rings is 1. The molecular weight excluding hydrogens is 241 g/mol. The van der Waals surface area contributed by atoms with E-state index in [0.29, 0.717) is 5.92 Å². The minimum Gasteiger partial charge on any atom is -0.399 e. The maximum Gasteiger partial charge on any atom is 0.495 e. The molecule has 0 bridgehead atoms. The molecule has 0 unspecified atom stereocenters. The quantitative estimate of drug-likeness (QED) is 0.822. The largest absolute Gasteiger partial charge is 0.495 e. The molecule has 3 rings (SSSR count). The highest BCUT2D eigenvalue weighted by atomic mass is 16.7. The van der Waals surface area contributed by atoms with E-state index in [4.69, 9.17) is 9.31 Å². The van der Waals surface area contributed by atoms with Crippen molar-refractivity contribution in [2.75, 3.05) is 0 Å². The Morgan fingerprint density at radius 1 is 1.21 bits per heavy atom. The monoisotopic (exact) mass is 261 g/mol. The third-order valence-electron chi connectivity index (χ3n) is 4.53. The molecule has 1 saturated carbocycles. The Kier molecular flexibility index (Phi) is 2.70. The number of aromatic nitrogens is 1. The summed E-state index contributed by atoms with van der Waals surface area (Å²) in [5.74, 6) is 0.374. The third kappa shape index (κ3) is 2.05. The molecule has 2 heterocycles. The standard InChI is InChI=1S/C14H20BNO3/c1-13(2)14(3,4)19-15(18-13)10-7-8-16-12(17)11(10)9-5-6-9/h7-9H,5-6H2,1-4H3,(H,16,17). The second-order valence-corrected chi connectivity index (χ2v) is 6.54. The zero-order valence-electron chi connectivity index (χ0n) is 11.9. The lowest BCUT2D eigenvalue weighted by molar-refractivity contribution is 0.00578. The van der Waals surface area contributed by atoms with Gasteiger partial charge in [-0.05, 0) is 58.0 Å². The fraction of sp³-hybridized carbons (Fsp3) is 0.643. The molecule has 1 aromatic heterocycles. The highest BCUT2D eigenvalue weighted by Gasteiger charge is 2.53. The van der Waals surface area contributed by atoms with E-state index in [1.54, 1.807) is 6.20 Å². The van der Waals surface area contributed by atoms with E-state index in [0.717, 1.165) is 23.9 Å². The molecule has 0 amide bonds. The van der Waals surface area contributed by atoms with Crippen LogP contribution in [-0.2, 0) is 9.31 Å². The predicted molar refractivity (Wildman–Crippen MR) is 74.8 cm³/mol. The predicted octanol–water partition coefficient (Wildman–Crippen LogP) is 1.55. The van der Waals surface area contributed by atoms with Crippen LogP contribution < -0.4 is 11.0 Å². The van der Waals surface area contributed by atoms with Crippen molar-refractivity contribution in [3.05, 3.63) is 28.2 Å². The lowest BCUT2D eigenvalue weighted by atomic mass is 9.75. The van der Waals surface area contributed by atoms with Gasteiger partial charge in [0.2, 0.25) is 0 Å². The summed E-state index contributed by atoms with van der Waals surface area (Å²) in [6.45, 7) is 8.10. The van der Waals surface area contributed by atoms with Crippen molar-refractivity contribution in [1.82, 2.24) is 4.98 Å². The van der Waals surface area contributed by atoms with Crippen LogP contribution in [0.2, 0.25) is 0 Å². The Morgan fingerprint density at radius 2 is 1.79 bits per heavy atom. The number of hydrogen-bond acceptors (Lipinski definition) is 3. The summed E-state index contributed by atoms with van der Waals surface area (Å²) in [4.78, 5) is 14.8. The second-order valence-electron chi connectivity index (χ2n) is 6.54. The molecule has 0 radical (unpaired) electrons. The highest BCUT2D eigenvalue weighted by molar-refractivity contribution is 6.62. The van der Waals surface area contributed by atoms with Crippen LogP contribution in [0.1, 0.15) is 52.0 Å². The molecule has 4 nitrogen and oxygen atoms in total. The molecule has 1 aliphatic heterocycles. The zero-order chi connectivity index (χ0) is 13.8. The van der Waals surface area contributed by atoms with E-state index >= 15 is 0 Å². The Balaban J connectivity index is 2.01. The Hall–Kier alpha value is -1.07. The average Bonchev–Trinajstić information content (AvgIpc) is 3.07. The van der Waals surface area contributed by atoms with E-state index in [9.17, 15) is 4.79 Å². The molecule has 1 aromatic rings. The van der Waals surface area contributed by atoms with Crippen molar-refractivity contribution < 1.29 is 9.31 Å². The molecule has 0 aromatic carbocycles. The second kappa shape index (κ2) is 3.96. The number of H-pyrrole nitrogens is 1. The first-order chi connectivity index (χ1) is 8.82. The summed E-state index contributed by atoms with van der Waals surface area (Å²) in [5, 5.41) is 0. The minimum atomic E-state index is -0.442. The van der Waals surface area contributed by atoms with Crippen LogP contribution in [0.15, 0.2) is 17.1 Å². The number of aromatic amines is 1. The van der Waals surface area contributed by atoms with Gasteiger partial charge in [0.15, 0.2) is 0 Å². The van der Waals surface area contributed by atoms with Crippen LogP contribution in [0.3, 0.4) is 0 Å². The maximum atomic E-state index is 12.0. The smallest absolute Gasteiger partial charge is 0.399 e. The van der Waals surface area contributed by atoms with Crippen LogP contribution in [0, 0.1) is 0 Å². The van der Waals surface area contributed by atoms with E-state index in [1.165, 1.54) is 0 Å². The van der Waals surface area contributed by atoms with Crippen LogP contribution in [0.4, 0.5) is 0 Å². The van der Waals surface area contributed by atoms with Gasteiger partial charge < -0.3 is 14.3 Å². The van der Waals surface area contributed by atoms with Gasteiger partial charge in [-0.3, -0.25) is 4.79 Å². The Bertz CT molecular complexity index is 544. The molecule has 2 aliphatic rings. The normalized spacial score (nSPS) is 24.7. The van der Waals surface area contributed by atoms with Gasteiger partial charge in [0, 0.05) is 11.8 Å². The van der Waals surface area contributed by atoms with Crippen LogP contribution in [-0.4, -0.2) is 23.3 Å². The van der Waals surface area contributed by atoms with Gasteiger partial charge in [0.05, 0.1) is 11.2 Å². The molecule has 102 valence electrons. The molecule has 0 spiro atoms. The van der Waals surface area contributed by atoms with Crippen molar-refractivity contribution in [3.8, 4) is 0 Å². The van der Waals surface area contributed by atoms with Gasteiger partial charge >= 0.3 is 7.12 Å². The van der Waals surface area contributed by atoms with Crippen LogP contribution in [0.5, 0.6) is 0 Å². The molecule has 1 N–H and O–H groups in total. The Labute approximate surface area is 113 Å². The van der Waals surface area contributed by atoms with Gasteiger partial charge in [0.1, 0.15) is 0 Å². The fourth-order valence-electron chi connectivity index (χ4n) is 2.47. The van der Waals surface area contributed by atoms with Crippen molar-refractivity contribution in [2.24, 2.45) is 0 Å². The zero-order valence-corrected chi connectivity index (χ0v) is 11.9. The maximum absolute atomic E-state index is 12.0. The van der Waals surface area contributed by atoms with Gasteiger partial charge in [-0.15, -0.1) is 0 Å². The van der Waals surface area contributed by atoms with Gasteiger partial charge in [0.25, 0.3) is 5.56 Å². The molecule has 5 heteroatoms. The number of rotatable bonds is 2. The first-order valence-electron chi connectivity index (χ1n) is 6.89. The van der Waals surface area contributed by atoms with Gasteiger partial charge in [-0.2, -0.15) is 0 Å². The van der Waals surface area contributed by atoms with Crippen LogP contribution in [0.25, 0.3) is 0 Å². The first kappa shape index (κ1) is 12.9. The van der Waals surface area contributed by atoms with E-state index in [-0.39, 0.29) is 16.8 Å². The highest BCUT2D eigenvalue weighted by Crippen LogP contribution is 2.40. The minimum absolute atomic E-state index is 0.00490. The SMILES string of the molecule is CC1(C)OB(c2cc[nH]c(=O)c2C2CC2)OC1(C)C. The topological polar surface area (TPSA) is 51.3 Å². The summed E-state index contributed by atoms with van der Waals surface area (Å²) in [6.07, 6.45) is 3.84. The summed E-state index contributed by atoms with van der Waals surface area (Å²) >= 11 is 0. The molecule has 1 aliphatic carbocycles. The van der Waals surface area contributed by atoms with E-state index in [2.05, 4.69) is 4.98 Å². The molecule has 1 saturated heterocycles. The summed E-state index contributed by atoms with van der Waals surface area (Å²) < 4.78 is 12.1. The average molecular weight is 261 g/mol. The van der Waals surface area contributed by atoms with E-state index in [1.807, 2.05) is 33.8 Å². The lowest BCUT2D eigenvalue weighted by Gasteiger charge is -2.32. The number of hydrogen-bond donors (Lipinski definition) is 1. The molecule has 0 atom stereocenters. The Morgan fingerprint density at radius 3 is 2.32 bits per heavy atom. The van der Waals surface area contributed by atoms with E-state index < -0.39 is 7.12 Å². The molecule has 19 heavy (non-hydrogen) atoms. The third-order valence-corrected chi connectivity index (χ3v) is 4.53. The summed E-state index contributed by atoms with van der Waals surface area (Å²) in [5.41, 5.74) is 0.989. The van der Waals surface area contributed by atoms with Crippen molar-refractivity contribution in [1.29, 1.82) is 0 Å². The van der Waals surface area contributed by atoms with Gasteiger partial charge in [-0.25, -0.2) is 0 Å². The van der Waals surface area contributed by atoms with Crippen molar-refractivity contribution in [2.45, 2.75) is 57.7 Å². The van der Waals surface area contributed by atoms with Crippen molar-refractivity contribution >= 4 is 12.6 Å². The van der Waals surface area contributed by atoms with Crippen LogP contribution >= 0.6 is 0 Å². The molecule has 2 fully saturated rings. The summed E-state index contributed by atoms with van der Waals surface area (Å²) in [6, 6.07) is 1.91. The lowest BCUT2D eigenvalue weighted by Crippen LogP contribution is -2.41. The fourth-order valence-corrected chi connectivity index (χ4v) is 2.47. The molecular formula is C14H20BNO3. The first-order valence-corrected chi connectivity index (χ1v) is 6.89. The summed E-state index contributed by atoms with van der Waals surface area (Å²) in [7, 11) is -0.442. The number of nitrogens with one attached hydrogen (secondary N) is 1. The van der Waals surface area contributed by atoms with Crippen molar-refractivity contribution in [3.63, 3.8) is 0 Å².